The average molecular weight is 397 g/mol. The molecule has 6 nitrogen and oxygen atoms in total. The Balaban J connectivity index is 1.63. The van der Waals surface area contributed by atoms with Gasteiger partial charge in [-0.25, -0.2) is 14.8 Å². The van der Waals surface area contributed by atoms with Crippen LogP contribution in [-0.2, 0) is 0 Å². The molecule has 6 heteroatoms. The maximum atomic E-state index is 11.5. The minimum absolute atomic E-state index is 0.114. The van der Waals surface area contributed by atoms with Crippen LogP contribution in [0.5, 0.6) is 0 Å². The van der Waals surface area contributed by atoms with Crippen LogP contribution in [0.1, 0.15) is 18.5 Å². The summed E-state index contributed by atoms with van der Waals surface area (Å²) in [6.45, 7) is 2.12. The van der Waals surface area contributed by atoms with Crippen molar-refractivity contribution in [3.05, 3.63) is 84.7 Å². The van der Waals surface area contributed by atoms with Crippen LogP contribution in [0.15, 0.2) is 79.1 Å². The molecular weight excluding hydrogens is 374 g/mol. The smallest absolute Gasteiger partial charge is 0.318 e. The summed E-state index contributed by atoms with van der Waals surface area (Å²) < 4.78 is 0. The van der Waals surface area contributed by atoms with Crippen molar-refractivity contribution in [2.45, 2.75) is 13.0 Å². The predicted octanol–water partition coefficient (Wildman–Crippen LogP) is 5.22. The number of nitrogens with zero attached hydrogens (tertiary/aromatic N) is 2. The lowest BCUT2D eigenvalue weighted by Crippen LogP contribution is -2.24. The van der Waals surface area contributed by atoms with E-state index < -0.39 is 0 Å². The van der Waals surface area contributed by atoms with Crippen LogP contribution < -0.4 is 16.0 Å². The van der Waals surface area contributed by atoms with Gasteiger partial charge in [-0.1, -0.05) is 48.5 Å². The van der Waals surface area contributed by atoms with Gasteiger partial charge in [-0.15, -0.1) is 0 Å². The lowest BCUT2D eigenvalue weighted by Gasteiger charge is -2.16. The molecule has 0 aliphatic rings. The molecule has 0 aliphatic heterocycles. The summed E-state index contributed by atoms with van der Waals surface area (Å²) in [5.41, 5.74) is 4.92. The number of benzene rings is 3. The minimum atomic E-state index is -0.242. The first-order valence-electron chi connectivity index (χ1n) is 9.79. The van der Waals surface area contributed by atoms with Crippen molar-refractivity contribution >= 4 is 28.4 Å². The van der Waals surface area contributed by atoms with Crippen molar-refractivity contribution in [2.24, 2.45) is 0 Å². The molecule has 0 spiro atoms. The first-order chi connectivity index (χ1) is 14.6. The highest BCUT2D eigenvalue weighted by Crippen LogP contribution is 2.29. The summed E-state index contributed by atoms with van der Waals surface area (Å²) in [7, 11) is 1.59. The number of fused-ring (bicyclic) bond motifs is 1. The molecule has 150 valence electrons. The first kappa shape index (κ1) is 19.4. The van der Waals surface area contributed by atoms with Crippen molar-refractivity contribution in [1.82, 2.24) is 15.3 Å². The van der Waals surface area contributed by atoms with E-state index in [2.05, 4.69) is 51.0 Å². The monoisotopic (exact) mass is 397 g/mol. The Morgan fingerprint density at radius 1 is 0.900 bits per heavy atom. The quantitative estimate of drug-likeness (QED) is 0.431. The zero-order valence-electron chi connectivity index (χ0n) is 16.9. The number of carbonyl (C=O) groups is 1. The summed E-state index contributed by atoms with van der Waals surface area (Å²) in [6, 6.07) is 24.0. The van der Waals surface area contributed by atoms with E-state index in [4.69, 9.17) is 0 Å². The molecule has 0 saturated carbocycles. The first-order valence-corrected chi connectivity index (χ1v) is 9.79. The SMILES string of the molecule is CNC(=O)Nc1ccc(-c2ccc3ncnc(NC(C)c4ccccc4)c3c2)cc1. The zero-order chi connectivity index (χ0) is 20.9. The number of hydrogen-bond acceptors (Lipinski definition) is 4. The Labute approximate surface area is 175 Å². The summed E-state index contributed by atoms with van der Waals surface area (Å²) >= 11 is 0. The molecule has 3 N–H and O–H groups in total. The Morgan fingerprint density at radius 2 is 1.63 bits per heavy atom. The van der Waals surface area contributed by atoms with Gasteiger partial charge in [-0.2, -0.15) is 0 Å². The largest absolute Gasteiger partial charge is 0.363 e. The molecule has 0 bridgehead atoms. The van der Waals surface area contributed by atoms with Gasteiger partial charge in [0.1, 0.15) is 12.1 Å². The highest BCUT2D eigenvalue weighted by molar-refractivity contribution is 5.93. The maximum absolute atomic E-state index is 11.5. The summed E-state index contributed by atoms with van der Waals surface area (Å²) in [5.74, 6) is 0.802. The third-order valence-electron chi connectivity index (χ3n) is 4.99. The normalized spacial score (nSPS) is 11.7. The number of anilines is 2. The molecule has 3 aromatic carbocycles. The van der Waals surface area contributed by atoms with E-state index in [-0.39, 0.29) is 12.1 Å². The molecule has 0 fully saturated rings. The molecule has 1 unspecified atom stereocenters. The molecule has 1 heterocycles. The fourth-order valence-corrected chi connectivity index (χ4v) is 3.32. The fourth-order valence-electron chi connectivity index (χ4n) is 3.32. The number of urea groups is 1. The highest BCUT2D eigenvalue weighted by Gasteiger charge is 2.10. The Hall–Kier alpha value is -3.93. The van der Waals surface area contributed by atoms with Crippen LogP contribution in [0.25, 0.3) is 22.0 Å². The van der Waals surface area contributed by atoms with Crippen LogP contribution in [0.2, 0.25) is 0 Å². The number of amides is 2. The third-order valence-corrected chi connectivity index (χ3v) is 4.99. The van der Waals surface area contributed by atoms with Gasteiger partial charge in [0.25, 0.3) is 0 Å². The van der Waals surface area contributed by atoms with E-state index in [0.717, 1.165) is 33.5 Å². The van der Waals surface area contributed by atoms with Crippen LogP contribution >= 0.6 is 0 Å². The van der Waals surface area contributed by atoms with Gasteiger partial charge in [0.15, 0.2) is 0 Å². The van der Waals surface area contributed by atoms with Gasteiger partial charge in [-0.3, -0.25) is 0 Å². The van der Waals surface area contributed by atoms with E-state index in [1.54, 1.807) is 13.4 Å². The summed E-state index contributed by atoms with van der Waals surface area (Å²) in [5, 5.41) is 9.78. The zero-order valence-corrected chi connectivity index (χ0v) is 16.9. The van der Waals surface area contributed by atoms with Crippen molar-refractivity contribution < 1.29 is 4.79 Å². The van der Waals surface area contributed by atoms with Gasteiger partial charge in [-0.05, 0) is 47.9 Å². The molecule has 1 atom stereocenters. The van der Waals surface area contributed by atoms with E-state index in [1.165, 1.54) is 5.56 Å². The average Bonchev–Trinajstić information content (AvgIpc) is 2.80. The number of nitrogens with one attached hydrogen (secondary N) is 3. The number of carbonyl (C=O) groups excluding carboxylic acids is 1. The van der Waals surface area contributed by atoms with Crippen LogP contribution in [0.4, 0.5) is 16.3 Å². The van der Waals surface area contributed by atoms with Gasteiger partial charge >= 0.3 is 6.03 Å². The summed E-state index contributed by atoms with van der Waals surface area (Å²) in [6.07, 6.45) is 1.58. The van der Waals surface area contributed by atoms with E-state index >= 15 is 0 Å². The Kier molecular flexibility index (Phi) is 5.57. The molecule has 0 aliphatic carbocycles. The minimum Gasteiger partial charge on any atom is -0.363 e. The van der Waals surface area contributed by atoms with Gasteiger partial charge in [0.05, 0.1) is 5.52 Å². The van der Waals surface area contributed by atoms with Crippen LogP contribution in [0, 0.1) is 0 Å². The molecule has 30 heavy (non-hydrogen) atoms. The molecule has 2 amide bonds. The molecule has 4 rings (SSSR count). The maximum Gasteiger partial charge on any atom is 0.318 e. The highest BCUT2D eigenvalue weighted by atomic mass is 16.2. The lowest BCUT2D eigenvalue weighted by molar-refractivity contribution is 0.254. The van der Waals surface area contributed by atoms with E-state index in [0.29, 0.717) is 0 Å². The molecular formula is C24H23N5O. The van der Waals surface area contributed by atoms with E-state index in [1.807, 2.05) is 54.6 Å². The third kappa shape index (κ3) is 4.22. The van der Waals surface area contributed by atoms with Gasteiger partial charge in [0.2, 0.25) is 0 Å². The van der Waals surface area contributed by atoms with Crippen molar-refractivity contribution in [2.75, 3.05) is 17.7 Å². The van der Waals surface area contributed by atoms with Crippen LogP contribution in [-0.4, -0.2) is 23.0 Å². The number of aromatic nitrogens is 2. The van der Waals surface area contributed by atoms with Gasteiger partial charge < -0.3 is 16.0 Å². The standard InChI is InChI=1S/C24H23N5O/c1-16(17-6-4-3-5-7-17)28-23-21-14-19(10-13-22(21)26-15-27-23)18-8-11-20(12-9-18)29-24(30)25-2/h3-16H,1-2H3,(H2,25,29,30)(H,26,27,28). The Bertz CT molecular complexity index is 1160. The fraction of sp³-hybridized carbons (Fsp3) is 0.125. The molecule has 0 saturated heterocycles. The second-order valence-corrected chi connectivity index (χ2v) is 7.01. The van der Waals surface area contributed by atoms with Gasteiger partial charge in [0, 0.05) is 24.2 Å². The Morgan fingerprint density at radius 3 is 2.37 bits per heavy atom. The predicted molar refractivity (Wildman–Crippen MR) is 122 cm³/mol. The second kappa shape index (κ2) is 8.61. The topological polar surface area (TPSA) is 78.9 Å². The molecule has 1 aromatic heterocycles. The number of hydrogen-bond donors (Lipinski definition) is 3. The van der Waals surface area contributed by atoms with Crippen LogP contribution in [0.3, 0.4) is 0 Å². The van der Waals surface area contributed by atoms with Crippen molar-refractivity contribution in [3.63, 3.8) is 0 Å². The van der Waals surface area contributed by atoms with Crippen molar-refractivity contribution in [3.8, 4) is 11.1 Å². The molecule has 4 aromatic rings. The van der Waals surface area contributed by atoms with E-state index in [9.17, 15) is 4.79 Å². The van der Waals surface area contributed by atoms with Crippen molar-refractivity contribution in [1.29, 1.82) is 0 Å². The lowest BCUT2D eigenvalue weighted by atomic mass is 10.0. The second-order valence-electron chi connectivity index (χ2n) is 7.01. The molecule has 0 radical (unpaired) electrons. The number of rotatable bonds is 5. The summed E-state index contributed by atoms with van der Waals surface area (Å²) in [4.78, 5) is 20.4.